The van der Waals surface area contributed by atoms with Crippen molar-refractivity contribution in [3.63, 3.8) is 0 Å². The van der Waals surface area contributed by atoms with Crippen LogP contribution in [0.25, 0.3) is 0 Å². The highest BCUT2D eigenvalue weighted by molar-refractivity contribution is 5.68. The number of fused-ring (bicyclic) bond motifs is 1. The smallest absolute Gasteiger partial charge is 0.410 e. The van der Waals surface area contributed by atoms with Crippen molar-refractivity contribution in [2.24, 2.45) is 11.8 Å². The largest absolute Gasteiger partial charge is 0.444 e. The molecule has 0 N–H and O–H groups in total. The van der Waals surface area contributed by atoms with Gasteiger partial charge < -0.3 is 14.5 Å². The van der Waals surface area contributed by atoms with Crippen molar-refractivity contribution in [2.75, 3.05) is 33.2 Å². The minimum Gasteiger partial charge on any atom is -0.444 e. The average Bonchev–Trinajstić information content (AvgIpc) is 3.03. The number of ether oxygens (including phenoxy) is 1. The lowest BCUT2D eigenvalue weighted by molar-refractivity contribution is 0.0276. The van der Waals surface area contributed by atoms with Gasteiger partial charge in [0, 0.05) is 26.2 Å². The summed E-state index contributed by atoms with van der Waals surface area (Å²) in [5.74, 6) is 1.30. The van der Waals surface area contributed by atoms with Crippen molar-refractivity contribution >= 4 is 6.09 Å². The van der Waals surface area contributed by atoms with Crippen LogP contribution in [-0.2, 0) is 4.74 Å². The Kier molecular flexibility index (Phi) is 8.55. The van der Waals surface area contributed by atoms with E-state index in [1.54, 1.807) is 0 Å². The van der Waals surface area contributed by atoms with E-state index >= 15 is 0 Å². The molecule has 0 aliphatic carbocycles. The van der Waals surface area contributed by atoms with Crippen molar-refractivity contribution in [3.8, 4) is 0 Å². The van der Waals surface area contributed by atoms with Gasteiger partial charge in [-0.1, -0.05) is 42.5 Å². The van der Waals surface area contributed by atoms with Crippen LogP contribution in [0, 0.1) is 11.8 Å². The summed E-state index contributed by atoms with van der Waals surface area (Å²) in [7, 11) is 2.15. The fraction of sp³-hybridized carbons (Fsp3) is 0.609. The van der Waals surface area contributed by atoms with E-state index in [9.17, 15) is 4.79 Å². The molecule has 0 bridgehead atoms. The lowest BCUT2D eigenvalue weighted by atomic mass is 10.0. The number of nitrogens with zero attached hydrogens (tertiary/aromatic N) is 2. The van der Waals surface area contributed by atoms with E-state index in [-0.39, 0.29) is 11.7 Å². The third-order valence-corrected chi connectivity index (χ3v) is 4.63. The van der Waals surface area contributed by atoms with Crippen molar-refractivity contribution in [1.29, 1.82) is 0 Å². The molecule has 0 aromatic rings. The topological polar surface area (TPSA) is 32.8 Å². The first-order valence-electron chi connectivity index (χ1n) is 9.73. The predicted octanol–water partition coefficient (Wildman–Crippen LogP) is 5.06. The van der Waals surface area contributed by atoms with Crippen LogP contribution in [0.2, 0.25) is 0 Å². The molecular formula is C23H38N2O2. The molecule has 2 atom stereocenters. The second-order valence-corrected chi connectivity index (χ2v) is 8.98. The molecule has 1 amide bonds. The summed E-state index contributed by atoms with van der Waals surface area (Å²) in [6.07, 6.45) is 5.77. The third kappa shape index (κ3) is 8.17. The second kappa shape index (κ2) is 9.93. The Morgan fingerprint density at radius 2 is 1.56 bits per heavy atom. The highest BCUT2D eigenvalue weighted by Gasteiger charge is 2.41. The van der Waals surface area contributed by atoms with Gasteiger partial charge in [-0.3, -0.25) is 0 Å². The number of carbonyl (C=O) groups is 1. The van der Waals surface area contributed by atoms with E-state index in [0.29, 0.717) is 11.8 Å². The normalized spacial score (nSPS) is 22.5. The molecule has 152 valence electrons. The molecular weight excluding hydrogens is 336 g/mol. The van der Waals surface area contributed by atoms with E-state index in [1.165, 1.54) is 5.57 Å². The Balaban J connectivity index is 0.000000293. The molecule has 2 heterocycles. The summed E-state index contributed by atoms with van der Waals surface area (Å²) >= 11 is 0. The maximum atomic E-state index is 11.9. The molecule has 0 saturated carbocycles. The number of likely N-dealkylation sites (tertiary alicyclic amines) is 2. The lowest BCUT2D eigenvalue weighted by Gasteiger charge is -2.25. The highest BCUT2D eigenvalue weighted by Crippen LogP contribution is 2.30. The van der Waals surface area contributed by atoms with Gasteiger partial charge in [0.15, 0.2) is 0 Å². The SMILES string of the molecule is C=C/C(=C\C=C(C)C)C(=C)C.CN1CC2CN(C(=O)OC(C)(C)C)CC2C1. The van der Waals surface area contributed by atoms with Crippen LogP contribution < -0.4 is 0 Å². The summed E-state index contributed by atoms with van der Waals surface area (Å²) in [5, 5.41) is 0. The standard InChI is InChI=1S/C12H22N2O2.C11H16/c1-12(2,3)16-11(15)14-7-9-5-13(4)6-10(9)8-14;1-6-11(10(4)5)8-7-9(2)3/h9-10H,5-8H2,1-4H3;6-8H,1,4H2,2-3,5H3/b;11-8+. The van der Waals surface area contributed by atoms with Gasteiger partial charge in [0.2, 0.25) is 0 Å². The summed E-state index contributed by atoms with van der Waals surface area (Å²) < 4.78 is 5.39. The monoisotopic (exact) mass is 374 g/mol. The lowest BCUT2D eigenvalue weighted by Crippen LogP contribution is -2.37. The quantitative estimate of drug-likeness (QED) is 0.648. The van der Waals surface area contributed by atoms with E-state index in [2.05, 4.69) is 45.0 Å². The number of hydrogen-bond acceptors (Lipinski definition) is 3. The zero-order valence-electron chi connectivity index (χ0n) is 18.3. The van der Waals surface area contributed by atoms with Crippen LogP contribution in [0.3, 0.4) is 0 Å². The minimum absolute atomic E-state index is 0.149. The van der Waals surface area contributed by atoms with Crippen LogP contribution >= 0.6 is 0 Å². The average molecular weight is 375 g/mol. The van der Waals surface area contributed by atoms with Gasteiger partial charge in [-0.2, -0.15) is 0 Å². The first kappa shape index (κ1) is 23.2. The van der Waals surface area contributed by atoms with E-state index in [1.807, 2.05) is 44.7 Å². The molecule has 0 aromatic carbocycles. The Labute approximate surface area is 166 Å². The number of carbonyl (C=O) groups excluding carboxylic acids is 1. The van der Waals surface area contributed by atoms with Gasteiger partial charge in [0.25, 0.3) is 0 Å². The van der Waals surface area contributed by atoms with Crippen LogP contribution in [0.1, 0.15) is 41.5 Å². The van der Waals surface area contributed by atoms with E-state index in [4.69, 9.17) is 4.74 Å². The summed E-state index contributed by atoms with van der Waals surface area (Å²) in [5.41, 5.74) is 3.06. The molecule has 4 nitrogen and oxygen atoms in total. The van der Waals surface area contributed by atoms with Gasteiger partial charge in [-0.05, 0) is 66.0 Å². The molecule has 0 radical (unpaired) electrons. The van der Waals surface area contributed by atoms with Gasteiger partial charge in [-0.25, -0.2) is 4.79 Å². The predicted molar refractivity (Wildman–Crippen MR) is 115 cm³/mol. The Morgan fingerprint density at radius 3 is 1.93 bits per heavy atom. The van der Waals surface area contributed by atoms with Crippen molar-refractivity contribution in [2.45, 2.75) is 47.1 Å². The Hall–Kier alpha value is -1.81. The molecule has 27 heavy (non-hydrogen) atoms. The zero-order chi connectivity index (χ0) is 20.8. The number of rotatable bonds is 3. The maximum Gasteiger partial charge on any atom is 0.410 e. The first-order valence-corrected chi connectivity index (χ1v) is 9.73. The number of hydrogen-bond donors (Lipinski definition) is 0. The van der Waals surface area contributed by atoms with Gasteiger partial charge in [0.05, 0.1) is 0 Å². The molecule has 4 heteroatoms. The molecule has 2 fully saturated rings. The van der Waals surface area contributed by atoms with Crippen LogP contribution in [0.5, 0.6) is 0 Å². The van der Waals surface area contributed by atoms with Crippen molar-refractivity contribution in [1.82, 2.24) is 9.80 Å². The molecule has 2 rings (SSSR count). The Morgan fingerprint density at radius 1 is 1.04 bits per heavy atom. The van der Waals surface area contributed by atoms with Gasteiger partial charge in [-0.15, -0.1) is 0 Å². The third-order valence-electron chi connectivity index (χ3n) is 4.63. The molecule has 2 aliphatic rings. The summed E-state index contributed by atoms with van der Waals surface area (Å²) in [6, 6.07) is 0. The Bertz CT molecular complexity index is 592. The van der Waals surface area contributed by atoms with Crippen molar-refractivity contribution in [3.05, 3.63) is 48.1 Å². The molecule has 2 unspecified atom stereocenters. The second-order valence-electron chi connectivity index (χ2n) is 8.98. The summed E-state index contributed by atoms with van der Waals surface area (Å²) in [6.45, 7) is 23.3. The van der Waals surface area contributed by atoms with Gasteiger partial charge >= 0.3 is 6.09 Å². The van der Waals surface area contributed by atoms with E-state index in [0.717, 1.165) is 37.3 Å². The first-order chi connectivity index (χ1) is 12.4. The molecule has 0 aromatic heterocycles. The number of allylic oxidation sites excluding steroid dienone is 6. The fourth-order valence-corrected chi connectivity index (χ4v) is 3.34. The molecule has 2 aliphatic heterocycles. The van der Waals surface area contributed by atoms with Crippen molar-refractivity contribution < 1.29 is 9.53 Å². The summed E-state index contributed by atoms with van der Waals surface area (Å²) in [4.78, 5) is 16.1. The highest BCUT2D eigenvalue weighted by atomic mass is 16.6. The molecule has 2 saturated heterocycles. The maximum absolute atomic E-state index is 11.9. The minimum atomic E-state index is -0.383. The van der Waals surface area contributed by atoms with Gasteiger partial charge in [0.1, 0.15) is 5.60 Å². The van der Waals surface area contributed by atoms with E-state index < -0.39 is 0 Å². The fourth-order valence-electron chi connectivity index (χ4n) is 3.34. The molecule has 0 spiro atoms. The zero-order valence-corrected chi connectivity index (χ0v) is 18.3. The van der Waals surface area contributed by atoms with Crippen LogP contribution in [0.4, 0.5) is 4.79 Å². The van der Waals surface area contributed by atoms with Crippen LogP contribution in [0.15, 0.2) is 48.1 Å². The number of amides is 1. The van der Waals surface area contributed by atoms with Crippen LogP contribution in [-0.4, -0.2) is 54.7 Å².